The summed E-state index contributed by atoms with van der Waals surface area (Å²) in [6.45, 7) is 2.60. The Labute approximate surface area is 119 Å². The second-order valence-corrected chi connectivity index (χ2v) is 4.69. The van der Waals surface area contributed by atoms with E-state index in [1.165, 1.54) is 0 Å². The number of aryl methyl sites for hydroxylation is 2. The van der Waals surface area contributed by atoms with Crippen molar-refractivity contribution in [2.45, 2.75) is 13.3 Å². The predicted molar refractivity (Wildman–Crippen MR) is 80.1 cm³/mol. The Morgan fingerprint density at radius 2 is 2.10 bits per heavy atom. The molecule has 1 N–H and O–H groups in total. The fourth-order valence-electron chi connectivity index (χ4n) is 1.87. The number of carbonyl (C=O) groups is 1. The van der Waals surface area contributed by atoms with Gasteiger partial charge in [-0.15, -0.1) is 0 Å². The van der Waals surface area contributed by atoms with E-state index in [1.807, 2.05) is 55.1 Å². The van der Waals surface area contributed by atoms with E-state index in [9.17, 15) is 4.79 Å². The van der Waals surface area contributed by atoms with E-state index in [1.54, 1.807) is 12.2 Å². The highest BCUT2D eigenvalue weighted by Gasteiger charge is 2.01. The van der Waals surface area contributed by atoms with Crippen LogP contribution in [0.4, 0.5) is 0 Å². The molecule has 0 saturated heterocycles. The summed E-state index contributed by atoms with van der Waals surface area (Å²) in [6, 6.07) is 11.8. The molecule has 0 bridgehead atoms. The van der Waals surface area contributed by atoms with E-state index in [0.29, 0.717) is 6.54 Å². The van der Waals surface area contributed by atoms with Crippen LogP contribution in [0, 0.1) is 6.92 Å². The molecule has 1 aromatic heterocycles. The van der Waals surface area contributed by atoms with Gasteiger partial charge in [-0.05, 0) is 24.6 Å². The SMILES string of the molecule is Cc1cc(CCNC(=O)/C=C/c2ccccc2)nn1C. The van der Waals surface area contributed by atoms with Crippen molar-refractivity contribution in [1.29, 1.82) is 0 Å². The molecule has 1 amide bonds. The second kappa shape index (κ2) is 6.70. The Balaban J connectivity index is 1.77. The van der Waals surface area contributed by atoms with Crippen molar-refractivity contribution in [1.82, 2.24) is 15.1 Å². The minimum atomic E-state index is -0.0819. The lowest BCUT2D eigenvalue weighted by Crippen LogP contribution is -2.23. The molecule has 0 saturated carbocycles. The maximum atomic E-state index is 11.7. The van der Waals surface area contributed by atoms with Crippen molar-refractivity contribution in [2.24, 2.45) is 7.05 Å². The van der Waals surface area contributed by atoms with Crippen molar-refractivity contribution >= 4 is 12.0 Å². The number of rotatable bonds is 5. The Morgan fingerprint density at radius 3 is 2.75 bits per heavy atom. The molecular formula is C16H19N3O. The molecule has 1 aromatic carbocycles. The first kappa shape index (κ1) is 14.1. The molecule has 0 aliphatic heterocycles. The van der Waals surface area contributed by atoms with Crippen LogP contribution >= 0.6 is 0 Å². The summed E-state index contributed by atoms with van der Waals surface area (Å²) in [5.41, 5.74) is 3.13. The van der Waals surface area contributed by atoms with Gasteiger partial charge in [0.2, 0.25) is 5.91 Å². The highest BCUT2D eigenvalue weighted by molar-refractivity contribution is 5.91. The fraction of sp³-hybridized carbons (Fsp3) is 0.250. The number of hydrogen-bond donors (Lipinski definition) is 1. The summed E-state index contributed by atoms with van der Waals surface area (Å²) in [7, 11) is 1.92. The van der Waals surface area contributed by atoms with Crippen LogP contribution in [0.3, 0.4) is 0 Å². The van der Waals surface area contributed by atoms with Crippen LogP contribution in [0.15, 0.2) is 42.5 Å². The number of aromatic nitrogens is 2. The summed E-state index contributed by atoms with van der Waals surface area (Å²) < 4.78 is 1.84. The molecule has 2 aromatic rings. The number of hydrogen-bond acceptors (Lipinski definition) is 2. The van der Waals surface area contributed by atoms with Crippen molar-refractivity contribution in [3.05, 3.63) is 59.4 Å². The van der Waals surface area contributed by atoms with Gasteiger partial charge in [-0.2, -0.15) is 5.10 Å². The highest BCUT2D eigenvalue weighted by Crippen LogP contribution is 2.02. The van der Waals surface area contributed by atoms with Gasteiger partial charge in [0, 0.05) is 31.8 Å². The van der Waals surface area contributed by atoms with Crippen molar-refractivity contribution in [2.75, 3.05) is 6.54 Å². The Hall–Kier alpha value is -2.36. The lowest BCUT2D eigenvalue weighted by atomic mass is 10.2. The lowest BCUT2D eigenvalue weighted by molar-refractivity contribution is -0.116. The van der Waals surface area contributed by atoms with Crippen molar-refractivity contribution in [3.63, 3.8) is 0 Å². The quantitative estimate of drug-likeness (QED) is 0.845. The van der Waals surface area contributed by atoms with E-state index in [-0.39, 0.29) is 5.91 Å². The smallest absolute Gasteiger partial charge is 0.244 e. The fourth-order valence-corrected chi connectivity index (χ4v) is 1.87. The maximum Gasteiger partial charge on any atom is 0.244 e. The number of nitrogens with one attached hydrogen (secondary N) is 1. The predicted octanol–water partition coefficient (Wildman–Crippen LogP) is 2.10. The van der Waals surface area contributed by atoms with Gasteiger partial charge >= 0.3 is 0 Å². The summed E-state index contributed by atoms with van der Waals surface area (Å²) in [4.78, 5) is 11.7. The third-order valence-electron chi connectivity index (χ3n) is 3.07. The summed E-state index contributed by atoms with van der Waals surface area (Å²) in [5.74, 6) is -0.0819. The molecule has 104 valence electrons. The first-order chi connectivity index (χ1) is 9.65. The normalized spacial score (nSPS) is 10.9. The Morgan fingerprint density at radius 1 is 1.35 bits per heavy atom. The standard InChI is InChI=1S/C16H19N3O/c1-13-12-15(18-19(13)2)10-11-17-16(20)9-8-14-6-4-3-5-7-14/h3-9,12H,10-11H2,1-2H3,(H,17,20)/b9-8+. The first-order valence-electron chi connectivity index (χ1n) is 6.65. The molecule has 4 heteroatoms. The van der Waals surface area contributed by atoms with Crippen LogP contribution in [0.1, 0.15) is 17.0 Å². The van der Waals surface area contributed by atoms with E-state index in [0.717, 1.165) is 23.4 Å². The van der Waals surface area contributed by atoms with Gasteiger partial charge in [-0.1, -0.05) is 30.3 Å². The second-order valence-electron chi connectivity index (χ2n) is 4.69. The molecule has 0 aliphatic rings. The summed E-state index contributed by atoms with van der Waals surface area (Å²) >= 11 is 0. The Kier molecular flexibility index (Phi) is 4.71. The largest absolute Gasteiger partial charge is 0.352 e. The average Bonchev–Trinajstić information content (AvgIpc) is 2.76. The third kappa shape index (κ3) is 4.09. The number of nitrogens with zero attached hydrogens (tertiary/aromatic N) is 2. The minimum Gasteiger partial charge on any atom is -0.352 e. The molecule has 20 heavy (non-hydrogen) atoms. The molecule has 1 heterocycles. The van der Waals surface area contributed by atoms with Crippen molar-refractivity contribution < 1.29 is 4.79 Å². The van der Waals surface area contributed by atoms with Crippen LogP contribution in [-0.2, 0) is 18.3 Å². The Bertz CT molecular complexity index is 580. The monoisotopic (exact) mass is 269 g/mol. The maximum absolute atomic E-state index is 11.7. The molecule has 0 atom stereocenters. The first-order valence-corrected chi connectivity index (χ1v) is 6.65. The zero-order valence-corrected chi connectivity index (χ0v) is 11.8. The summed E-state index contributed by atoms with van der Waals surface area (Å²) in [6.07, 6.45) is 4.10. The number of carbonyl (C=O) groups excluding carboxylic acids is 1. The van der Waals surface area contributed by atoms with Gasteiger partial charge in [0.15, 0.2) is 0 Å². The van der Waals surface area contributed by atoms with Gasteiger partial charge in [0.25, 0.3) is 0 Å². The van der Waals surface area contributed by atoms with Crippen LogP contribution in [0.25, 0.3) is 6.08 Å². The van der Waals surface area contributed by atoms with E-state index in [2.05, 4.69) is 10.4 Å². The van der Waals surface area contributed by atoms with E-state index < -0.39 is 0 Å². The topological polar surface area (TPSA) is 46.9 Å². The van der Waals surface area contributed by atoms with Crippen molar-refractivity contribution in [3.8, 4) is 0 Å². The molecule has 2 rings (SSSR count). The molecule has 0 aliphatic carbocycles. The molecule has 0 spiro atoms. The van der Waals surface area contributed by atoms with E-state index in [4.69, 9.17) is 0 Å². The van der Waals surface area contributed by atoms with E-state index >= 15 is 0 Å². The zero-order valence-electron chi connectivity index (χ0n) is 11.8. The summed E-state index contributed by atoms with van der Waals surface area (Å²) in [5, 5.41) is 7.20. The molecule has 0 fully saturated rings. The average molecular weight is 269 g/mol. The van der Waals surface area contributed by atoms with Gasteiger partial charge in [0.05, 0.1) is 5.69 Å². The van der Waals surface area contributed by atoms with Gasteiger partial charge in [-0.3, -0.25) is 9.48 Å². The van der Waals surface area contributed by atoms with Gasteiger partial charge in [0.1, 0.15) is 0 Å². The molecular weight excluding hydrogens is 250 g/mol. The van der Waals surface area contributed by atoms with Crippen LogP contribution in [-0.4, -0.2) is 22.2 Å². The third-order valence-corrected chi connectivity index (χ3v) is 3.07. The minimum absolute atomic E-state index is 0.0819. The van der Waals surface area contributed by atoms with Gasteiger partial charge in [-0.25, -0.2) is 0 Å². The molecule has 0 unspecified atom stereocenters. The van der Waals surface area contributed by atoms with Crippen LogP contribution in [0.5, 0.6) is 0 Å². The molecule has 0 radical (unpaired) electrons. The zero-order chi connectivity index (χ0) is 14.4. The number of amides is 1. The highest BCUT2D eigenvalue weighted by atomic mass is 16.1. The van der Waals surface area contributed by atoms with Gasteiger partial charge < -0.3 is 5.32 Å². The number of benzene rings is 1. The van der Waals surface area contributed by atoms with Crippen LogP contribution < -0.4 is 5.32 Å². The van der Waals surface area contributed by atoms with Crippen LogP contribution in [0.2, 0.25) is 0 Å². The molecule has 4 nitrogen and oxygen atoms in total. The lowest BCUT2D eigenvalue weighted by Gasteiger charge is -1.99.